The van der Waals surface area contributed by atoms with E-state index in [9.17, 15) is 22.8 Å². The Hall–Kier alpha value is -3.23. The summed E-state index contributed by atoms with van der Waals surface area (Å²) in [4.78, 5) is 23.4. The standard InChI is InChI=1S/C17H13F3N2O4/c18-11-6-8(7-12(19)14(11)20)21-16(23)10-3-1-2-9-13(22-17(24)25)4-5-26-15(9)10/h1-3,6-7,13,22H,4-5H2,(H,21,23)(H,24,25)/t13-/m0/s1. The molecule has 0 aromatic heterocycles. The van der Waals surface area contributed by atoms with Crippen molar-refractivity contribution in [3.05, 3.63) is 58.9 Å². The highest BCUT2D eigenvalue weighted by atomic mass is 19.2. The number of amides is 2. The first kappa shape index (κ1) is 17.6. The molecule has 3 N–H and O–H groups in total. The van der Waals surface area contributed by atoms with Crippen molar-refractivity contribution in [1.29, 1.82) is 0 Å². The molecule has 26 heavy (non-hydrogen) atoms. The summed E-state index contributed by atoms with van der Waals surface area (Å²) in [6.07, 6.45) is -0.825. The number of halogens is 3. The minimum atomic E-state index is -1.63. The Bertz CT molecular complexity index is 865. The number of ether oxygens (including phenoxy) is 1. The van der Waals surface area contributed by atoms with Crippen LogP contribution >= 0.6 is 0 Å². The van der Waals surface area contributed by atoms with Crippen LogP contribution in [-0.4, -0.2) is 23.7 Å². The maximum atomic E-state index is 13.3. The van der Waals surface area contributed by atoms with Crippen LogP contribution in [-0.2, 0) is 0 Å². The lowest BCUT2D eigenvalue weighted by Crippen LogP contribution is -2.31. The zero-order chi connectivity index (χ0) is 18.8. The Kier molecular flexibility index (Phi) is 4.70. The van der Waals surface area contributed by atoms with Crippen LogP contribution < -0.4 is 15.4 Å². The second-order valence-electron chi connectivity index (χ2n) is 5.57. The highest BCUT2D eigenvalue weighted by Crippen LogP contribution is 2.35. The summed E-state index contributed by atoms with van der Waals surface area (Å²) in [5.74, 6) is -5.05. The minimum absolute atomic E-state index is 0.0598. The van der Waals surface area contributed by atoms with Crippen molar-refractivity contribution in [3.63, 3.8) is 0 Å². The Labute approximate surface area is 145 Å². The van der Waals surface area contributed by atoms with Crippen LogP contribution in [0.5, 0.6) is 5.75 Å². The molecule has 0 saturated carbocycles. The molecule has 2 amide bonds. The zero-order valence-corrected chi connectivity index (χ0v) is 13.2. The largest absolute Gasteiger partial charge is 0.492 e. The van der Waals surface area contributed by atoms with Gasteiger partial charge in [-0.3, -0.25) is 4.79 Å². The number of anilines is 1. The number of benzene rings is 2. The molecule has 0 unspecified atom stereocenters. The molecule has 0 aliphatic carbocycles. The van der Waals surface area contributed by atoms with E-state index < -0.39 is 35.5 Å². The number of carbonyl (C=O) groups excluding carboxylic acids is 1. The van der Waals surface area contributed by atoms with Crippen molar-refractivity contribution >= 4 is 17.7 Å². The van der Waals surface area contributed by atoms with Gasteiger partial charge in [0.05, 0.1) is 18.2 Å². The normalized spacial score (nSPS) is 15.6. The van der Waals surface area contributed by atoms with Crippen molar-refractivity contribution < 1.29 is 32.6 Å². The fourth-order valence-corrected chi connectivity index (χ4v) is 2.73. The Balaban J connectivity index is 1.90. The molecule has 136 valence electrons. The molecule has 0 fully saturated rings. The van der Waals surface area contributed by atoms with Gasteiger partial charge in [0.2, 0.25) is 0 Å². The topological polar surface area (TPSA) is 87.7 Å². The molecule has 6 nitrogen and oxygen atoms in total. The lowest BCUT2D eigenvalue weighted by Gasteiger charge is -2.27. The fourth-order valence-electron chi connectivity index (χ4n) is 2.73. The summed E-state index contributed by atoms with van der Waals surface area (Å²) >= 11 is 0. The number of rotatable bonds is 3. The van der Waals surface area contributed by atoms with Crippen molar-refractivity contribution in [2.75, 3.05) is 11.9 Å². The quantitative estimate of drug-likeness (QED) is 0.726. The average molecular weight is 366 g/mol. The summed E-state index contributed by atoms with van der Waals surface area (Å²) < 4.78 is 45.1. The smallest absolute Gasteiger partial charge is 0.405 e. The molecule has 1 heterocycles. The van der Waals surface area contributed by atoms with Gasteiger partial charge in [-0.15, -0.1) is 0 Å². The van der Waals surface area contributed by atoms with Crippen LogP contribution in [0.25, 0.3) is 0 Å². The summed E-state index contributed by atoms with van der Waals surface area (Å²) in [6, 6.07) is 5.33. The van der Waals surface area contributed by atoms with Crippen molar-refractivity contribution in [1.82, 2.24) is 5.32 Å². The number of carbonyl (C=O) groups is 2. The van der Waals surface area contributed by atoms with Crippen molar-refractivity contribution in [2.24, 2.45) is 0 Å². The number of hydrogen-bond acceptors (Lipinski definition) is 3. The van der Waals surface area contributed by atoms with Gasteiger partial charge < -0.3 is 20.5 Å². The van der Waals surface area contributed by atoms with Crippen LogP contribution in [0, 0.1) is 17.5 Å². The first-order valence-electron chi connectivity index (χ1n) is 7.58. The highest BCUT2D eigenvalue weighted by Gasteiger charge is 2.27. The van der Waals surface area contributed by atoms with Crippen molar-refractivity contribution in [2.45, 2.75) is 12.5 Å². The Morgan fingerprint density at radius 1 is 1.15 bits per heavy atom. The van der Waals surface area contributed by atoms with Crippen LogP contribution in [0.2, 0.25) is 0 Å². The lowest BCUT2D eigenvalue weighted by atomic mass is 9.97. The van der Waals surface area contributed by atoms with E-state index in [1.54, 1.807) is 6.07 Å². The van der Waals surface area contributed by atoms with Gasteiger partial charge >= 0.3 is 6.09 Å². The van der Waals surface area contributed by atoms with Crippen LogP contribution in [0.3, 0.4) is 0 Å². The predicted octanol–water partition coefficient (Wildman–Crippen LogP) is 3.45. The predicted molar refractivity (Wildman–Crippen MR) is 84.7 cm³/mol. The van der Waals surface area contributed by atoms with Crippen LogP contribution in [0.4, 0.5) is 23.7 Å². The number of para-hydroxylation sites is 1. The molecule has 3 rings (SSSR count). The van der Waals surface area contributed by atoms with Gasteiger partial charge in [0.15, 0.2) is 17.5 Å². The molecule has 2 aromatic carbocycles. The Morgan fingerprint density at radius 3 is 2.50 bits per heavy atom. The van der Waals surface area contributed by atoms with Gasteiger partial charge in [0.25, 0.3) is 5.91 Å². The molecular weight excluding hydrogens is 353 g/mol. The molecule has 1 aliphatic rings. The molecule has 0 spiro atoms. The monoisotopic (exact) mass is 366 g/mol. The van der Waals surface area contributed by atoms with E-state index in [-0.39, 0.29) is 23.6 Å². The number of nitrogens with one attached hydrogen (secondary N) is 2. The summed E-state index contributed by atoms with van der Waals surface area (Å²) in [5, 5.41) is 13.5. The lowest BCUT2D eigenvalue weighted by molar-refractivity contribution is 0.102. The maximum Gasteiger partial charge on any atom is 0.405 e. The van der Waals surface area contributed by atoms with Gasteiger partial charge in [0.1, 0.15) is 5.75 Å². The van der Waals surface area contributed by atoms with E-state index >= 15 is 0 Å². The van der Waals surface area contributed by atoms with E-state index in [1.165, 1.54) is 12.1 Å². The molecule has 0 bridgehead atoms. The number of carboxylic acid groups (broad SMARTS) is 1. The highest BCUT2D eigenvalue weighted by molar-refractivity contribution is 6.06. The molecule has 0 saturated heterocycles. The van der Waals surface area contributed by atoms with E-state index in [0.29, 0.717) is 24.1 Å². The second kappa shape index (κ2) is 6.95. The molecule has 0 radical (unpaired) electrons. The maximum absolute atomic E-state index is 13.3. The third-order valence-electron chi connectivity index (χ3n) is 3.86. The summed E-state index contributed by atoms with van der Waals surface area (Å²) in [7, 11) is 0. The van der Waals surface area contributed by atoms with Crippen LogP contribution in [0.15, 0.2) is 30.3 Å². The number of hydrogen-bond donors (Lipinski definition) is 3. The average Bonchev–Trinajstić information content (AvgIpc) is 2.59. The van der Waals surface area contributed by atoms with E-state index in [4.69, 9.17) is 9.84 Å². The fraction of sp³-hybridized carbons (Fsp3) is 0.176. The first-order valence-corrected chi connectivity index (χ1v) is 7.58. The molecular formula is C17H13F3N2O4. The van der Waals surface area contributed by atoms with E-state index in [0.717, 1.165) is 0 Å². The number of fused-ring (bicyclic) bond motifs is 1. The van der Waals surface area contributed by atoms with Gasteiger partial charge in [-0.1, -0.05) is 12.1 Å². The molecule has 2 aromatic rings. The first-order chi connectivity index (χ1) is 12.4. The molecule has 9 heteroatoms. The summed E-state index contributed by atoms with van der Waals surface area (Å²) in [5.41, 5.74) is 0.271. The molecule has 1 aliphatic heterocycles. The molecule has 1 atom stereocenters. The minimum Gasteiger partial charge on any atom is -0.492 e. The van der Waals surface area contributed by atoms with Gasteiger partial charge in [0, 0.05) is 29.8 Å². The van der Waals surface area contributed by atoms with E-state index in [1.807, 2.05) is 0 Å². The SMILES string of the molecule is O=C(O)N[C@H]1CCOc2c(C(=O)Nc3cc(F)c(F)c(F)c3)cccc21. The van der Waals surface area contributed by atoms with Crippen LogP contribution in [0.1, 0.15) is 28.4 Å². The third-order valence-corrected chi connectivity index (χ3v) is 3.86. The van der Waals surface area contributed by atoms with Gasteiger partial charge in [-0.2, -0.15) is 0 Å². The summed E-state index contributed by atoms with van der Waals surface area (Å²) in [6.45, 7) is 0.183. The van der Waals surface area contributed by atoms with Gasteiger partial charge in [-0.05, 0) is 6.07 Å². The Morgan fingerprint density at radius 2 is 1.85 bits per heavy atom. The second-order valence-corrected chi connectivity index (χ2v) is 5.57. The van der Waals surface area contributed by atoms with Crippen molar-refractivity contribution in [3.8, 4) is 5.75 Å². The van der Waals surface area contributed by atoms with E-state index in [2.05, 4.69) is 10.6 Å². The van der Waals surface area contributed by atoms with Gasteiger partial charge in [-0.25, -0.2) is 18.0 Å². The third kappa shape index (κ3) is 3.41. The zero-order valence-electron chi connectivity index (χ0n) is 13.2.